The number of nitrogens with one attached hydrogen (secondary N) is 1. The predicted molar refractivity (Wildman–Crippen MR) is 166 cm³/mol. The number of benzene rings is 1. The molecule has 3 atom stereocenters. The molecule has 2 aromatic rings. The molecular formula is C31H48N8O3. The Morgan fingerprint density at radius 2 is 1.76 bits per heavy atom. The minimum absolute atomic E-state index is 0.140. The number of hydrogen-bond donors (Lipinski definition) is 3. The molecule has 11 heteroatoms. The molecule has 5 N–H and O–H groups in total. The Morgan fingerprint density at radius 1 is 1.10 bits per heavy atom. The lowest BCUT2D eigenvalue weighted by Gasteiger charge is -2.37. The van der Waals surface area contributed by atoms with Crippen LogP contribution in [0.25, 0.3) is 5.69 Å². The lowest BCUT2D eigenvalue weighted by atomic mass is 9.85. The standard InChI is InChI=1S/C31H48N8O3/c1-5-36(21-24-7-6-8-25(32)20-24)22(2)19-23-9-11-26(12-10-23)39-14-13-27(35-30(39)42)34-29(41)38-17-15-37(16-18-38)28(40)31(3,4)33/h9-14,22,24-25H,5-8,15-21,32-33H2,1-4H3,(H,34,35,41,42)/t22?,24-,25?/m0/s1. The van der Waals surface area contributed by atoms with Gasteiger partial charge < -0.3 is 26.2 Å². The minimum Gasteiger partial charge on any atom is -0.338 e. The smallest absolute Gasteiger partial charge is 0.338 e. The lowest BCUT2D eigenvalue weighted by Crippen LogP contribution is -2.58. The molecule has 0 bridgehead atoms. The van der Waals surface area contributed by atoms with Gasteiger partial charge in [0, 0.05) is 51.0 Å². The maximum Gasteiger partial charge on any atom is 0.354 e. The number of urea groups is 1. The van der Waals surface area contributed by atoms with Gasteiger partial charge in [0.25, 0.3) is 0 Å². The van der Waals surface area contributed by atoms with Crippen LogP contribution in [0.5, 0.6) is 0 Å². The molecule has 230 valence electrons. The lowest BCUT2D eigenvalue weighted by molar-refractivity contribution is -0.137. The van der Waals surface area contributed by atoms with Crippen LogP contribution >= 0.6 is 0 Å². The van der Waals surface area contributed by atoms with Crippen LogP contribution in [-0.4, -0.2) is 93.1 Å². The third-order valence-corrected chi connectivity index (χ3v) is 8.54. The molecule has 2 heterocycles. The molecule has 0 spiro atoms. The Balaban J connectivity index is 1.31. The fourth-order valence-corrected chi connectivity index (χ4v) is 6.09. The Kier molecular flexibility index (Phi) is 10.4. The van der Waals surface area contributed by atoms with Crippen LogP contribution < -0.4 is 22.5 Å². The highest BCUT2D eigenvalue weighted by molar-refractivity contribution is 5.89. The zero-order chi connectivity index (χ0) is 30.4. The van der Waals surface area contributed by atoms with Gasteiger partial charge in [0.15, 0.2) is 0 Å². The summed E-state index contributed by atoms with van der Waals surface area (Å²) in [6, 6.07) is 10.0. The number of nitrogens with zero attached hydrogens (tertiary/aromatic N) is 5. The van der Waals surface area contributed by atoms with Gasteiger partial charge in [-0.2, -0.15) is 4.98 Å². The Labute approximate surface area is 249 Å². The molecule has 2 unspecified atom stereocenters. The third kappa shape index (κ3) is 8.17. The summed E-state index contributed by atoms with van der Waals surface area (Å²) in [7, 11) is 0. The summed E-state index contributed by atoms with van der Waals surface area (Å²) in [6.07, 6.45) is 7.32. The molecule has 1 aromatic heterocycles. The zero-order valence-electron chi connectivity index (χ0n) is 25.6. The average molecular weight is 581 g/mol. The van der Waals surface area contributed by atoms with Crippen LogP contribution in [0, 0.1) is 5.92 Å². The van der Waals surface area contributed by atoms with Gasteiger partial charge in [-0.3, -0.25) is 14.7 Å². The van der Waals surface area contributed by atoms with Gasteiger partial charge in [0.1, 0.15) is 5.82 Å². The number of hydrogen-bond acceptors (Lipinski definition) is 7. The SMILES string of the molecule is CCN(C[C@H]1CCCC(N)C1)C(C)Cc1ccc(-n2ccc(NC(=O)N3CCN(C(=O)C(C)(C)N)CC3)nc2=O)cc1. The zero-order valence-corrected chi connectivity index (χ0v) is 25.6. The molecule has 2 aliphatic rings. The highest BCUT2D eigenvalue weighted by atomic mass is 16.2. The Bertz CT molecular complexity index is 1260. The topological polar surface area (TPSA) is 143 Å². The largest absolute Gasteiger partial charge is 0.354 e. The van der Waals surface area contributed by atoms with E-state index in [4.69, 9.17) is 11.5 Å². The highest BCUT2D eigenvalue weighted by Gasteiger charge is 2.31. The van der Waals surface area contributed by atoms with E-state index in [1.807, 2.05) is 12.1 Å². The average Bonchev–Trinajstić information content (AvgIpc) is 2.95. The summed E-state index contributed by atoms with van der Waals surface area (Å²) in [6.45, 7) is 11.5. The second-order valence-corrected chi connectivity index (χ2v) is 12.5. The van der Waals surface area contributed by atoms with Crippen molar-refractivity contribution in [3.63, 3.8) is 0 Å². The summed E-state index contributed by atoms with van der Waals surface area (Å²) >= 11 is 0. The van der Waals surface area contributed by atoms with E-state index in [-0.39, 0.29) is 17.8 Å². The van der Waals surface area contributed by atoms with Gasteiger partial charge >= 0.3 is 11.7 Å². The summed E-state index contributed by atoms with van der Waals surface area (Å²) in [5, 5.41) is 2.71. The van der Waals surface area contributed by atoms with E-state index in [1.54, 1.807) is 35.9 Å². The first kappa shape index (κ1) is 31.7. The Hall–Kier alpha value is -3.28. The van der Waals surface area contributed by atoms with E-state index in [1.165, 1.54) is 23.0 Å². The van der Waals surface area contributed by atoms with Crippen molar-refractivity contribution in [2.45, 2.75) is 77.4 Å². The number of amides is 3. The van der Waals surface area contributed by atoms with Crippen molar-refractivity contribution in [1.29, 1.82) is 0 Å². The molecule has 2 fully saturated rings. The molecule has 1 saturated carbocycles. The number of carbonyl (C=O) groups is 2. The van der Waals surface area contributed by atoms with Crippen molar-refractivity contribution in [1.82, 2.24) is 24.3 Å². The van der Waals surface area contributed by atoms with E-state index in [0.29, 0.717) is 49.9 Å². The normalized spacial score (nSPS) is 20.5. The van der Waals surface area contributed by atoms with Crippen molar-refractivity contribution in [3.05, 3.63) is 52.6 Å². The molecule has 1 aliphatic heterocycles. The number of carbonyl (C=O) groups excluding carboxylic acids is 2. The van der Waals surface area contributed by atoms with E-state index in [2.05, 4.69) is 41.2 Å². The summed E-state index contributed by atoms with van der Waals surface area (Å²) < 4.78 is 1.46. The number of anilines is 1. The number of aromatic nitrogens is 2. The van der Waals surface area contributed by atoms with Crippen LogP contribution in [0.1, 0.15) is 58.9 Å². The molecule has 1 aliphatic carbocycles. The first-order valence-corrected chi connectivity index (χ1v) is 15.3. The molecule has 1 aromatic carbocycles. The Morgan fingerprint density at radius 3 is 2.36 bits per heavy atom. The number of likely N-dealkylation sites (N-methyl/N-ethyl adjacent to an activating group) is 1. The van der Waals surface area contributed by atoms with Crippen LogP contribution in [0.4, 0.5) is 10.6 Å². The van der Waals surface area contributed by atoms with Crippen LogP contribution in [0.3, 0.4) is 0 Å². The van der Waals surface area contributed by atoms with Gasteiger partial charge in [-0.05, 0) is 82.7 Å². The number of rotatable bonds is 9. The quantitative estimate of drug-likeness (QED) is 0.413. The maximum absolute atomic E-state index is 12.8. The second-order valence-electron chi connectivity index (χ2n) is 12.5. The first-order chi connectivity index (χ1) is 19.9. The monoisotopic (exact) mass is 580 g/mol. The number of piperazine rings is 1. The number of nitrogens with two attached hydrogens (primary N) is 2. The molecule has 4 rings (SSSR count). The van der Waals surface area contributed by atoms with Crippen molar-refractivity contribution in [3.8, 4) is 5.69 Å². The van der Waals surface area contributed by atoms with Crippen molar-refractivity contribution in [2.75, 3.05) is 44.6 Å². The summed E-state index contributed by atoms with van der Waals surface area (Å²) in [5.74, 6) is 0.723. The van der Waals surface area contributed by atoms with E-state index < -0.39 is 11.2 Å². The van der Waals surface area contributed by atoms with Crippen LogP contribution in [0.2, 0.25) is 0 Å². The van der Waals surface area contributed by atoms with Gasteiger partial charge in [-0.25, -0.2) is 9.59 Å². The van der Waals surface area contributed by atoms with Crippen LogP contribution in [-0.2, 0) is 11.2 Å². The fourth-order valence-electron chi connectivity index (χ4n) is 6.09. The molecule has 0 radical (unpaired) electrons. The fraction of sp³-hybridized carbons (Fsp3) is 0.613. The van der Waals surface area contributed by atoms with E-state index >= 15 is 0 Å². The van der Waals surface area contributed by atoms with Gasteiger partial charge in [0.2, 0.25) is 5.91 Å². The second kappa shape index (κ2) is 13.8. The van der Waals surface area contributed by atoms with Gasteiger partial charge in [-0.1, -0.05) is 25.5 Å². The van der Waals surface area contributed by atoms with Gasteiger partial charge in [-0.15, -0.1) is 0 Å². The van der Waals surface area contributed by atoms with E-state index in [0.717, 1.165) is 32.4 Å². The minimum atomic E-state index is -0.947. The van der Waals surface area contributed by atoms with Crippen molar-refractivity contribution >= 4 is 17.8 Å². The molecule has 3 amide bonds. The van der Waals surface area contributed by atoms with E-state index in [9.17, 15) is 14.4 Å². The molecule has 11 nitrogen and oxygen atoms in total. The summed E-state index contributed by atoms with van der Waals surface area (Å²) in [5.41, 5.74) is 12.6. The summed E-state index contributed by atoms with van der Waals surface area (Å²) in [4.78, 5) is 47.9. The van der Waals surface area contributed by atoms with Gasteiger partial charge in [0.05, 0.1) is 11.2 Å². The maximum atomic E-state index is 12.8. The van der Waals surface area contributed by atoms with Crippen molar-refractivity contribution in [2.24, 2.45) is 17.4 Å². The molecule has 42 heavy (non-hydrogen) atoms. The third-order valence-electron chi connectivity index (χ3n) is 8.54. The first-order valence-electron chi connectivity index (χ1n) is 15.3. The molecular weight excluding hydrogens is 532 g/mol. The molecule has 1 saturated heterocycles. The van der Waals surface area contributed by atoms with Crippen molar-refractivity contribution < 1.29 is 9.59 Å². The predicted octanol–water partition coefficient (Wildman–Crippen LogP) is 2.42. The van der Waals surface area contributed by atoms with Crippen LogP contribution in [0.15, 0.2) is 41.3 Å². The highest BCUT2D eigenvalue weighted by Crippen LogP contribution is 2.25.